The van der Waals surface area contributed by atoms with E-state index in [1.807, 2.05) is 37.3 Å². The van der Waals surface area contributed by atoms with Crippen LogP contribution in [0.25, 0.3) is 0 Å². The first kappa shape index (κ1) is 21.0. The summed E-state index contributed by atoms with van der Waals surface area (Å²) in [6.45, 7) is 2.19. The summed E-state index contributed by atoms with van der Waals surface area (Å²) in [7, 11) is 4.74. The summed E-state index contributed by atoms with van der Waals surface area (Å²) in [6.07, 6.45) is 1.62. The van der Waals surface area contributed by atoms with Gasteiger partial charge in [-0.3, -0.25) is 4.79 Å². The fourth-order valence-electron chi connectivity index (χ4n) is 3.02. The Morgan fingerprint density at radius 2 is 1.80 bits per heavy atom. The van der Waals surface area contributed by atoms with Crippen molar-refractivity contribution in [2.75, 3.05) is 33.3 Å². The van der Waals surface area contributed by atoms with Crippen molar-refractivity contribution in [1.82, 2.24) is 9.78 Å². The number of hydrogen-bond acceptors (Lipinski definition) is 6. The number of aryl methyl sites for hydroxylation is 1. The van der Waals surface area contributed by atoms with E-state index in [0.717, 1.165) is 11.1 Å². The van der Waals surface area contributed by atoms with Crippen LogP contribution < -0.4 is 24.3 Å². The van der Waals surface area contributed by atoms with Gasteiger partial charge in [-0.05, 0) is 30.7 Å². The molecule has 0 saturated carbocycles. The van der Waals surface area contributed by atoms with E-state index in [1.165, 1.54) is 0 Å². The molecule has 8 heteroatoms. The number of methoxy groups -OCH3 is 3. The Bertz CT molecular complexity index is 1020. The normalized spacial score (nSPS) is 10.4. The second kappa shape index (κ2) is 9.69. The molecule has 3 rings (SSSR count). The van der Waals surface area contributed by atoms with Gasteiger partial charge in [-0.15, -0.1) is 0 Å². The molecule has 0 aliphatic carbocycles. The Morgan fingerprint density at radius 1 is 1.00 bits per heavy atom. The van der Waals surface area contributed by atoms with E-state index in [4.69, 9.17) is 18.9 Å². The van der Waals surface area contributed by atoms with Crippen LogP contribution in [0.1, 0.15) is 11.1 Å². The molecule has 1 heterocycles. The quantitative estimate of drug-likeness (QED) is 0.582. The SMILES string of the molecule is COc1cc(C)ccc1OCC(=O)Nc1ccnn1Cc1cccc(OC)c1OC. The van der Waals surface area contributed by atoms with Crippen molar-refractivity contribution in [2.24, 2.45) is 0 Å². The molecule has 0 unspecified atom stereocenters. The average molecular weight is 411 g/mol. The van der Waals surface area contributed by atoms with Crippen LogP contribution in [0.15, 0.2) is 48.7 Å². The summed E-state index contributed by atoms with van der Waals surface area (Å²) in [6, 6.07) is 12.9. The maximum Gasteiger partial charge on any atom is 0.263 e. The number of nitrogens with zero attached hydrogens (tertiary/aromatic N) is 2. The molecule has 1 aromatic heterocycles. The van der Waals surface area contributed by atoms with Gasteiger partial charge in [0, 0.05) is 11.6 Å². The van der Waals surface area contributed by atoms with E-state index in [1.54, 1.807) is 44.3 Å². The molecule has 0 radical (unpaired) electrons. The third-order valence-corrected chi connectivity index (χ3v) is 4.47. The molecule has 158 valence electrons. The topological polar surface area (TPSA) is 83.8 Å². The molecular weight excluding hydrogens is 386 g/mol. The van der Waals surface area contributed by atoms with Gasteiger partial charge in [0.1, 0.15) is 5.82 Å². The summed E-state index contributed by atoms with van der Waals surface area (Å²) in [5.41, 5.74) is 1.91. The van der Waals surface area contributed by atoms with Gasteiger partial charge in [0.15, 0.2) is 29.6 Å². The highest BCUT2D eigenvalue weighted by Crippen LogP contribution is 2.31. The number of rotatable bonds is 9. The van der Waals surface area contributed by atoms with Crippen molar-refractivity contribution in [3.8, 4) is 23.0 Å². The molecular formula is C22H25N3O5. The lowest BCUT2D eigenvalue weighted by atomic mass is 10.2. The molecule has 30 heavy (non-hydrogen) atoms. The van der Waals surface area contributed by atoms with Gasteiger partial charge < -0.3 is 24.3 Å². The minimum atomic E-state index is -0.308. The van der Waals surface area contributed by atoms with Crippen LogP contribution in [0.5, 0.6) is 23.0 Å². The van der Waals surface area contributed by atoms with Crippen LogP contribution in [0.4, 0.5) is 5.82 Å². The summed E-state index contributed by atoms with van der Waals surface area (Å²) >= 11 is 0. The third-order valence-electron chi connectivity index (χ3n) is 4.47. The largest absolute Gasteiger partial charge is 0.493 e. The number of aromatic nitrogens is 2. The van der Waals surface area contributed by atoms with Crippen molar-refractivity contribution in [3.63, 3.8) is 0 Å². The zero-order valence-corrected chi connectivity index (χ0v) is 17.5. The minimum Gasteiger partial charge on any atom is -0.493 e. The van der Waals surface area contributed by atoms with Gasteiger partial charge in [0.2, 0.25) is 0 Å². The molecule has 1 N–H and O–H groups in total. The average Bonchev–Trinajstić information content (AvgIpc) is 3.18. The molecule has 0 bridgehead atoms. The lowest BCUT2D eigenvalue weighted by molar-refractivity contribution is -0.118. The molecule has 0 aliphatic rings. The summed E-state index contributed by atoms with van der Waals surface area (Å²) in [5.74, 6) is 2.59. The molecule has 0 atom stereocenters. The fourth-order valence-corrected chi connectivity index (χ4v) is 3.02. The van der Waals surface area contributed by atoms with E-state index >= 15 is 0 Å². The number of amides is 1. The first-order valence-electron chi connectivity index (χ1n) is 9.34. The number of anilines is 1. The maximum atomic E-state index is 12.4. The number of nitrogens with one attached hydrogen (secondary N) is 1. The summed E-state index contributed by atoms with van der Waals surface area (Å²) < 4.78 is 23.4. The van der Waals surface area contributed by atoms with Crippen molar-refractivity contribution >= 4 is 11.7 Å². The predicted octanol–water partition coefficient (Wildman–Crippen LogP) is 3.28. The molecule has 0 spiro atoms. The Balaban J connectivity index is 1.67. The van der Waals surface area contributed by atoms with Crippen LogP contribution in [0, 0.1) is 6.92 Å². The molecule has 0 saturated heterocycles. The first-order chi connectivity index (χ1) is 14.5. The van der Waals surface area contributed by atoms with Crippen LogP contribution in [0.3, 0.4) is 0 Å². The lowest BCUT2D eigenvalue weighted by Crippen LogP contribution is -2.22. The van der Waals surface area contributed by atoms with Crippen LogP contribution in [0.2, 0.25) is 0 Å². The van der Waals surface area contributed by atoms with Crippen molar-refractivity contribution < 1.29 is 23.7 Å². The number of hydrogen-bond donors (Lipinski definition) is 1. The van der Waals surface area contributed by atoms with Gasteiger partial charge in [0.25, 0.3) is 5.91 Å². The van der Waals surface area contributed by atoms with E-state index in [0.29, 0.717) is 35.4 Å². The Morgan fingerprint density at radius 3 is 2.53 bits per heavy atom. The third kappa shape index (κ3) is 4.83. The molecule has 1 amide bonds. The number of carbonyl (C=O) groups is 1. The van der Waals surface area contributed by atoms with Gasteiger partial charge in [-0.2, -0.15) is 5.10 Å². The molecule has 0 aliphatic heterocycles. The van der Waals surface area contributed by atoms with Crippen molar-refractivity contribution in [3.05, 3.63) is 59.8 Å². The molecule has 0 fully saturated rings. The zero-order valence-electron chi connectivity index (χ0n) is 17.5. The number of carbonyl (C=O) groups excluding carboxylic acids is 1. The molecule has 3 aromatic rings. The molecule has 8 nitrogen and oxygen atoms in total. The highest BCUT2D eigenvalue weighted by molar-refractivity contribution is 5.91. The van der Waals surface area contributed by atoms with E-state index in [2.05, 4.69) is 10.4 Å². The van der Waals surface area contributed by atoms with Crippen molar-refractivity contribution in [1.29, 1.82) is 0 Å². The van der Waals surface area contributed by atoms with Gasteiger partial charge in [0.05, 0.1) is 34.1 Å². The van der Waals surface area contributed by atoms with Crippen LogP contribution in [-0.2, 0) is 11.3 Å². The maximum absolute atomic E-state index is 12.4. The van der Waals surface area contributed by atoms with Gasteiger partial charge in [-0.1, -0.05) is 18.2 Å². The monoisotopic (exact) mass is 411 g/mol. The highest BCUT2D eigenvalue weighted by Gasteiger charge is 2.14. The Hall–Kier alpha value is -3.68. The number of benzene rings is 2. The smallest absolute Gasteiger partial charge is 0.263 e. The van der Waals surface area contributed by atoms with Gasteiger partial charge in [-0.25, -0.2) is 4.68 Å². The van der Waals surface area contributed by atoms with E-state index in [-0.39, 0.29) is 12.5 Å². The highest BCUT2D eigenvalue weighted by atomic mass is 16.5. The second-order valence-electron chi connectivity index (χ2n) is 6.52. The Kier molecular flexibility index (Phi) is 6.79. The van der Waals surface area contributed by atoms with Crippen molar-refractivity contribution in [2.45, 2.75) is 13.5 Å². The fraction of sp³-hybridized carbons (Fsp3) is 0.273. The zero-order chi connectivity index (χ0) is 21.5. The standard InChI is InChI=1S/C22H25N3O5/c1-15-8-9-17(19(12-15)28-3)30-14-21(26)24-20-10-11-23-25(20)13-16-6-5-7-18(27-2)22(16)29-4/h5-12H,13-14H2,1-4H3,(H,24,26). The Labute approximate surface area is 175 Å². The minimum absolute atomic E-state index is 0.160. The van der Waals surface area contributed by atoms with E-state index < -0.39 is 0 Å². The second-order valence-corrected chi connectivity index (χ2v) is 6.52. The summed E-state index contributed by atoms with van der Waals surface area (Å²) in [4.78, 5) is 12.4. The van der Waals surface area contributed by atoms with Crippen LogP contribution >= 0.6 is 0 Å². The first-order valence-corrected chi connectivity index (χ1v) is 9.34. The van der Waals surface area contributed by atoms with E-state index in [9.17, 15) is 4.79 Å². The van der Waals surface area contributed by atoms with Gasteiger partial charge >= 0.3 is 0 Å². The number of ether oxygens (including phenoxy) is 4. The molecule has 2 aromatic carbocycles. The van der Waals surface area contributed by atoms with Crippen LogP contribution in [-0.4, -0.2) is 43.6 Å². The summed E-state index contributed by atoms with van der Waals surface area (Å²) in [5, 5.41) is 7.12. The number of para-hydroxylation sites is 1. The predicted molar refractivity (Wildman–Crippen MR) is 113 cm³/mol. The lowest BCUT2D eigenvalue weighted by Gasteiger charge is -2.14.